The van der Waals surface area contributed by atoms with Gasteiger partial charge >= 0.3 is 11.9 Å². The summed E-state index contributed by atoms with van der Waals surface area (Å²) >= 11 is 0. The zero-order valence-electron chi connectivity index (χ0n) is 52.9. The van der Waals surface area contributed by atoms with Crippen LogP contribution in [0.4, 0.5) is 0 Å². The second-order valence-electron chi connectivity index (χ2n) is 23.0. The zero-order valence-corrected chi connectivity index (χ0v) is 52.9. The number of ether oxygens (including phenoxy) is 4. The first kappa shape index (κ1) is 77.0. The van der Waals surface area contributed by atoms with Crippen LogP contribution in [-0.2, 0) is 33.3 Å². The molecule has 0 aliphatic rings. The van der Waals surface area contributed by atoms with Gasteiger partial charge in [-0.05, 0) is 96.3 Å². The van der Waals surface area contributed by atoms with Crippen molar-refractivity contribution in [3.8, 4) is 0 Å². The minimum absolute atomic E-state index is 0.142. The Bertz CT molecular complexity index is 1700. The highest BCUT2D eigenvalue weighted by Crippen LogP contribution is 2.17. The molecule has 0 aliphatic carbocycles. The normalized spacial score (nSPS) is 13.4. The van der Waals surface area contributed by atoms with Crippen LogP contribution in [0.5, 0.6) is 0 Å². The third-order valence-electron chi connectivity index (χ3n) is 14.0. The van der Waals surface area contributed by atoms with E-state index in [-0.39, 0.29) is 38.6 Å². The maximum atomic E-state index is 12.9. The lowest BCUT2D eigenvalue weighted by Crippen LogP contribution is -2.44. The molecule has 0 amide bonds. The summed E-state index contributed by atoms with van der Waals surface area (Å²) in [5.74, 6) is -2.30. The Hall–Kier alpha value is -4.05. The van der Waals surface area contributed by atoms with E-state index in [1.165, 1.54) is 128 Å². The second-order valence-corrected chi connectivity index (χ2v) is 23.0. The molecule has 9 heteroatoms. The molecule has 0 aromatic rings. The number of carbonyl (C=O) groups excluding carboxylic acids is 3. The summed E-state index contributed by atoms with van der Waals surface area (Å²) in [6.45, 7) is 4.51. The van der Waals surface area contributed by atoms with Crippen molar-refractivity contribution in [1.29, 1.82) is 0 Å². The van der Waals surface area contributed by atoms with Crippen molar-refractivity contribution in [3.05, 3.63) is 109 Å². The fourth-order valence-corrected chi connectivity index (χ4v) is 9.03. The third-order valence-corrected chi connectivity index (χ3v) is 14.0. The Kier molecular flexibility index (Phi) is 58.9. The fraction of sp³-hybridized carbons (Fsp3) is 0.708. The summed E-state index contributed by atoms with van der Waals surface area (Å²) < 4.78 is 22.7. The predicted molar refractivity (Wildman–Crippen MR) is 343 cm³/mol. The molecule has 0 aliphatic heterocycles. The number of aliphatic carboxylic acids is 1. The molecule has 2 atom stereocenters. The van der Waals surface area contributed by atoms with Crippen molar-refractivity contribution >= 4 is 17.9 Å². The Balaban J connectivity index is 3.98. The number of allylic oxidation sites excluding steroid dienone is 18. The first-order chi connectivity index (χ1) is 39.6. The molecule has 464 valence electrons. The molecule has 0 saturated carbocycles. The van der Waals surface area contributed by atoms with E-state index in [1.54, 1.807) is 0 Å². The first-order valence-corrected chi connectivity index (χ1v) is 33.0. The zero-order chi connectivity index (χ0) is 59.1. The average molecular weight is 1130 g/mol. The number of nitrogens with zero attached hydrogens (tertiary/aromatic N) is 1. The lowest BCUT2D eigenvalue weighted by Gasteiger charge is -2.26. The van der Waals surface area contributed by atoms with Crippen LogP contribution >= 0.6 is 0 Å². The summed E-state index contributed by atoms with van der Waals surface area (Å²) in [4.78, 5) is 37.3. The molecule has 0 fully saturated rings. The largest absolute Gasteiger partial charge is 0.545 e. The van der Waals surface area contributed by atoms with Gasteiger partial charge in [-0.1, -0.05) is 271 Å². The van der Waals surface area contributed by atoms with Crippen LogP contribution in [0.15, 0.2) is 109 Å². The Morgan fingerprint density at radius 3 is 0.988 bits per heavy atom. The molecule has 0 heterocycles. The summed E-state index contributed by atoms with van der Waals surface area (Å²) in [6.07, 6.45) is 83.3. The van der Waals surface area contributed by atoms with E-state index in [0.717, 1.165) is 109 Å². The van der Waals surface area contributed by atoms with Gasteiger partial charge in [0.05, 0.1) is 40.3 Å². The van der Waals surface area contributed by atoms with E-state index in [4.69, 9.17) is 18.9 Å². The molecule has 0 rings (SSSR count). The summed E-state index contributed by atoms with van der Waals surface area (Å²) in [6, 6.07) is 0. The molecule has 0 N–H and O–H groups in total. The number of esters is 2. The van der Waals surface area contributed by atoms with Crippen LogP contribution in [-0.4, -0.2) is 82.3 Å². The highest BCUT2D eigenvalue weighted by atomic mass is 16.7. The fourth-order valence-electron chi connectivity index (χ4n) is 9.03. The third kappa shape index (κ3) is 63.4. The van der Waals surface area contributed by atoms with Crippen molar-refractivity contribution in [3.63, 3.8) is 0 Å². The van der Waals surface area contributed by atoms with Gasteiger partial charge in [-0.15, -0.1) is 0 Å². The summed E-state index contributed by atoms with van der Waals surface area (Å²) in [7, 11) is 5.92. The monoisotopic (exact) mass is 1130 g/mol. The minimum atomic E-state index is -1.63. The van der Waals surface area contributed by atoms with Crippen LogP contribution in [0.1, 0.15) is 271 Å². The van der Waals surface area contributed by atoms with E-state index in [2.05, 4.69) is 123 Å². The molecule has 0 bridgehead atoms. The van der Waals surface area contributed by atoms with Gasteiger partial charge in [0.15, 0.2) is 12.4 Å². The summed E-state index contributed by atoms with van der Waals surface area (Å²) in [5, 5.41) is 11.8. The van der Waals surface area contributed by atoms with Gasteiger partial charge in [-0.25, -0.2) is 0 Å². The molecular formula is C72H123NO8. The number of hydrogen-bond donors (Lipinski definition) is 0. The maximum Gasteiger partial charge on any atom is 0.306 e. The van der Waals surface area contributed by atoms with Gasteiger partial charge < -0.3 is 33.3 Å². The molecule has 0 aromatic heterocycles. The number of hydrogen-bond acceptors (Lipinski definition) is 8. The molecule has 0 spiro atoms. The van der Waals surface area contributed by atoms with Crippen molar-refractivity contribution in [2.45, 2.75) is 283 Å². The molecule has 9 nitrogen and oxygen atoms in total. The van der Waals surface area contributed by atoms with Crippen LogP contribution in [0.3, 0.4) is 0 Å². The Labute approximate surface area is 498 Å². The van der Waals surface area contributed by atoms with Crippen molar-refractivity contribution in [1.82, 2.24) is 0 Å². The molecule has 81 heavy (non-hydrogen) atoms. The van der Waals surface area contributed by atoms with E-state index < -0.39 is 24.3 Å². The van der Waals surface area contributed by atoms with Gasteiger partial charge in [0.1, 0.15) is 13.2 Å². The molecule has 0 saturated heterocycles. The van der Waals surface area contributed by atoms with E-state index in [1.807, 2.05) is 21.1 Å². The lowest BCUT2D eigenvalue weighted by molar-refractivity contribution is -0.870. The first-order valence-electron chi connectivity index (χ1n) is 33.0. The quantitative estimate of drug-likeness (QED) is 0.0195. The summed E-state index contributed by atoms with van der Waals surface area (Å²) in [5.41, 5.74) is 0. The van der Waals surface area contributed by atoms with Crippen LogP contribution < -0.4 is 5.11 Å². The predicted octanol–water partition coefficient (Wildman–Crippen LogP) is 18.9. The number of rotatable bonds is 60. The van der Waals surface area contributed by atoms with E-state index in [9.17, 15) is 19.5 Å². The van der Waals surface area contributed by atoms with Crippen molar-refractivity contribution in [2.24, 2.45) is 0 Å². The maximum absolute atomic E-state index is 12.9. The standard InChI is InChI=1S/C72H123NO8/c1-6-8-10-12-14-16-18-20-22-23-24-25-26-27-28-29-30-31-32-33-34-35-36-37-38-39-40-41-42-43-44-45-46-47-49-51-53-55-57-59-61-63-70(75)81-68(67-80-72(71(76)77)78-65-64-73(3,4)5)66-79-69(74)62-60-58-56-54-52-50-48-21-19-17-15-13-11-9-7-2/h8-11,14-17,20-22,24-25,27-28,30-31,48,68,72H,6-7,12-13,18-19,23,26,29,32-47,49-67H2,1-5H3/b10-8-,11-9-,16-14-,17-15-,22-20-,25-24-,28-27-,31-30-,48-21-. The topological polar surface area (TPSA) is 111 Å². The SMILES string of the molecule is CC/C=C\C/C=C\C/C=C\C/C=C\C/C=C\C/C=C\CCCCCCCCCCCCCCCCCCCCCCCCC(=O)OC(COC(=O)CCCCCCC/C=C\C/C=C\C/C=C\CC)COC(OCC[N+](C)(C)C)C(=O)[O-]. The lowest BCUT2D eigenvalue weighted by atomic mass is 10.0. The van der Waals surface area contributed by atoms with Crippen LogP contribution in [0.25, 0.3) is 0 Å². The highest BCUT2D eigenvalue weighted by Gasteiger charge is 2.22. The number of quaternary nitrogens is 1. The van der Waals surface area contributed by atoms with E-state index >= 15 is 0 Å². The molecule has 0 radical (unpaired) electrons. The minimum Gasteiger partial charge on any atom is -0.545 e. The van der Waals surface area contributed by atoms with Gasteiger partial charge in [0.2, 0.25) is 0 Å². The average Bonchev–Trinajstić information content (AvgIpc) is 3.44. The molecule has 0 aromatic carbocycles. The van der Waals surface area contributed by atoms with Crippen molar-refractivity contribution in [2.75, 3.05) is 47.5 Å². The van der Waals surface area contributed by atoms with Gasteiger partial charge in [0.25, 0.3) is 0 Å². The van der Waals surface area contributed by atoms with Gasteiger partial charge in [0, 0.05) is 12.8 Å². The smallest absolute Gasteiger partial charge is 0.306 e. The van der Waals surface area contributed by atoms with Gasteiger partial charge in [-0.2, -0.15) is 0 Å². The Morgan fingerprint density at radius 2 is 0.667 bits per heavy atom. The number of carboxylic acid groups (broad SMARTS) is 1. The number of unbranched alkanes of at least 4 members (excludes halogenated alkanes) is 27. The Morgan fingerprint density at radius 1 is 0.370 bits per heavy atom. The van der Waals surface area contributed by atoms with Crippen LogP contribution in [0.2, 0.25) is 0 Å². The van der Waals surface area contributed by atoms with Crippen molar-refractivity contribution < 1.29 is 42.9 Å². The van der Waals surface area contributed by atoms with Crippen LogP contribution in [0, 0.1) is 0 Å². The van der Waals surface area contributed by atoms with E-state index in [0.29, 0.717) is 17.4 Å². The number of carbonyl (C=O) groups is 3. The number of likely N-dealkylation sites (N-methyl/N-ethyl adjacent to an activating group) is 1. The second kappa shape index (κ2) is 62.0. The number of carboxylic acids is 1. The molecule has 2 unspecified atom stereocenters. The highest BCUT2D eigenvalue weighted by molar-refractivity contribution is 5.70. The molecular weight excluding hydrogens is 1010 g/mol. The van der Waals surface area contributed by atoms with Gasteiger partial charge in [-0.3, -0.25) is 9.59 Å².